The summed E-state index contributed by atoms with van der Waals surface area (Å²) < 4.78 is 42.5. The number of alkyl halides is 3. The summed E-state index contributed by atoms with van der Waals surface area (Å²) in [7, 11) is 1.58. The van der Waals surface area contributed by atoms with E-state index in [4.69, 9.17) is 23.2 Å². The molecule has 0 bridgehead atoms. The van der Waals surface area contributed by atoms with E-state index in [1.54, 1.807) is 25.2 Å². The van der Waals surface area contributed by atoms with Crippen LogP contribution in [0.2, 0.25) is 10.0 Å². The van der Waals surface area contributed by atoms with Crippen LogP contribution in [0.4, 0.5) is 19.0 Å². The van der Waals surface area contributed by atoms with Gasteiger partial charge in [-0.15, -0.1) is 0 Å². The standard InChI is InChI=1S/C22H19Cl2F3N4O/c1-30(12-13-5-3-2-4-6-13)21(32)18-11-20-28-17(14-7-8-15(23)16(24)9-14)10-19(22(25,26)27)31(20)29-18/h2-9,11,17,19,28H,10,12H2,1H3/t17-,19+/m0/s1. The van der Waals surface area contributed by atoms with Gasteiger partial charge in [-0.1, -0.05) is 59.6 Å². The highest BCUT2D eigenvalue weighted by atomic mass is 35.5. The zero-order valence-electron chi connectivity index (χ0n) is 16.9. The lowest BCUT2D eigenvalue weighted by Gasteiger charge is -2.33. The molecule has 0 saturated heterocycles. The van der Waals surface area contributed by atoms with Crippen molar-refractivity contribution >= 4 is 34.9 Å². The number of rotatable bonds is 4. The Morgan fingerprint density at radius 3 is 2.53 bits per heavy atom. The molecule has 0 radical (unpaired) electrons. The molecule has 1 aliphatic rings. The molecule has 2 atom stereocenters. The van der Waals surface area contributed by atoms with E-state index < -0.39 is 24.2 Å². The molecule has 1 aliphatic heterocycles. The van der Waals surface area contributed by atoms with Crippen LogP contribution in [0.25, 0.3) is 0 Å². The zero-order chi connectivity index (χ0) is 23.0. The Morgan fingerprint density at radius 1 is 1.16 bits per heavy atom. The molecule has 0 aliphatic carbocycles. The third kappa shape index (κ3) is 4.56. The van der Waals surface area contributed by atoms with Crippen molar-refractivity contribution in [2.75, 3.05) is 12.4 Å². The highest BCUT2D eigenvalue weighted by molar-refractivity contribution is 6.42. The van der Waals surface area contributed by atoms with Gasteiger partial charge in [-0.2, -0.15) is 18.3 Å². The number of carbonyl (C=O) groups excluding carboxylic acids is 1. The number of nitrogens with zero attached hydrogens (tertiary/aromatic N) is 3. The van der Waals surface area contributed by atoms with Crippen molar-refractivity contribution in [3.8, 4) is 0 Å². The largest absolute Gasteiger partial charge is 0.410 e. The smallest absolute Gasteiger partial charge is 0.363 e. The van der Waals surface area contributed by atoms with Gasteiger partial charge in [-0.3, -0.25) is 4.79 Å². The van der Waals surface area contributed by atoms with Crippen molar-refractivity contribution in [2.45, 2.75) is 31.2 Å². The maximum atomic E-state index is 13.9. The minimum atomic E-state index is -4.55. The molecule has 5 nitrogen and oxygen atoms in total. The molecule has 0 unspecified atom stereocenters. The van der Waals surface area contributed by atoms with Gasteiger partial charge in [-0.25, -0.2) is 4.68 Å². The second-order valence-corrected chi connectivity index (χ2v) is 8.48. The topological polar surface area (TPSA) is 50.2 Å². The Hall–Kier alpha value is -2.71. The number of hydrogen-bond acceptors (Lipinski definition) is 3. The number of carbonyl (C=O) groups is 1. The van der Waals surface area contributed by atoms with E-state index in [-0.39, 0.29) is 23.0 Å². The van der Waals surface area contributed by atoms with E-state index in [0.717, 1.165) is 10.2 Å². The minimum Gasteiger partial charge on any atom is -0.363 e. The Kier molecular flexibility index (Phi) is 6.09. The van der Waals surface area contributed by atoms with Crippen molar-refractivity contribution in [1.29, 1.82) is 0 Å². The molecule has 0 fully saturated rings. The van der Waals surface area contributed by atoms with E-state index in [0.29, 0.717) is 17.1 Å². The fourth-order valence-electron chi connectivity index (χ4n) is 3.75. The molecule has 10 heteroatoms. The first-order valence-electron chi connectivity index (χ1n) is 9.80. The molecular weight excluding hydrogens is 464 g/mol. The van der Waals surface area contributed by atoms with Gasteiger partial charge < -0.3 is 10.2 Å². The number of benzene rings is 2. The average molecular weight is 483 g/mol. The first-order valence-corrected chi connectivity index (χ1v) is 10.6. The summed E-state index contributed by atoms with van der Waals surface area (Å²) in [5.41, 5.74) is 1.41. The molecule has 4 rings (SSSR count). The summed E-state index contributed by atoms with van der Waals surface area (Å²) >= 11 is 12.0. The molecule has 3 aromatic rings. The lowest BCUT2D eigenvalue weighted by atomic mass is 9.97. The van der Waals surface area contributed by atoms with E-state index >= 15 is 0 Å². The lowest BCUT2D eigenvalue weighted by molar-refractivity contribution is -0.173. The fourth-order valence-corrected chi connectivity index (χ4v) is 4.06. The van der Waals surface area contributed by atoms with Crippen LogP contribution in [-0.2, 0) is 6.54 Å². The summed E-state index contributed by atoms with van der Waals surface area (Å²) in [4.78, 5) is 14.3. The first-order chi connectivity index (χ1) is 15.1. The van der Waals surface area contributed by atoms with Crippen LogP contribution in [-0.4, -0.2) is 33.8 Å². The van der Waals surface area contributed by atoms with Crippen molar-refractivity contribution < 1.29 is 18.0 Å². The van der Waals surface area contributed by atoms with Crippen LogP contribution in [0, 0.1) is 0 Å². The van der Waals surface area contributed by atoms with Gasteiger partial charge in [-0.05, 0) is 23.3 Å². The van der Waals surface area contributed by atoms with Gasteiger partial charge in [0.15, 0.2) is 11.7 Å². The number of fused-ring (bicyclic) bond motifs is 1. The second kappa shape index (κ2) is 8.67. The van der Waals surface area contributed by atoms with Crippen molar-refractivity contribution in [1.82, 2.24) is 14.7 Å². The van der Waals surface area contributed by atoms with E-state index in [2.05, 4.69) is 10.4 Å². The van der Waals surface area contributed by atoms with Crippen molar-refractivity contribution in [2.24, 2.45) is 0 Å². The van der Waals surface area contributed by atoms with Crippen LogP contribution in [0.1, 0.15) is 40.1 Å². The van der Waals surface area contributed by atoms with E-state index in [1.165, 1.54) is 11.0 Å². The Labute approximate surface area is 192 Å². The van der Waals surface area contributed by atoms with E-state index in [9.17, 15) is 18.0 Å². The third-order valence-electron chi connectivity index (χ3n) is 5.36. The van der Waals surface area contributed by atoms with Gasteiger partial charge in [0.2, 0.25) is 0 Å². The third-order valence-corrected chi connectivity index (χ3v) is 6.10. The Bertz CT molecular complexity index is 1130. The molecule has 1 amide bonds. The summed E-state index contributed by atoms with van der Waals surface area (Å²) in [6.45, 7) is 0.309. The maximum Gasteiger partial charge on any atom is 0.410 e. The molecule has 1 aromatic heterocycles. The first kappa shape index (κ1) is 22.5. The summed E-state index contributed by atoms with van der Waals surface area (Å²) in [6, 6.07) is 12.8. The molecule has 0 spiro atoms. The van der Waals surface area contributed by atoms with Gasteiger partial charge in [0.25, 0.3) is 5.91 Å². The predicted molar refractivity (Wildman–Crippen MR) is 117 cm³/mol. The Balaban J connectivity index is 1.63. The number of amides is 1. The van der Waals surface area contributed by atoms with Crippen LogP contribution in [0.3, 0.4) is 0 Å². The number of hydrogen-bond donors (Lipinski definition) is 1. The van der Waals surface area contributed by atoms with Crippen molar-refractivity contribution in [3.63, 3.8) is 0 Å². The molecule has 1 N–H and O–H groups in total. The van der Waals surface area contributed by atoms with E-state index in [1.807, 2.05) is 30.3 Å². The molecule has 0 saturated carbocycles. The number of nitrogens with one attached hydrogen (secondary N) is 1. The van der Waals surface area contributed by atoms with Gasteiger partial charge in [0.05, 0.1) is 16.1 Å². The number of halogens is 5. The van der Waals surface area contributed by atoms with Crippen LogP contribution in [0.5, 0.6) is 0 Å². The van der Waals surface area contributed by atoms with Gasteiger partial charge in [0, 0.05) is 26.1 Å². The van der Waals surface area contributed by atoms with Gasteiger partial charge >= 0.3 is 6.18 Å². The van der Waals surface area contributed by atoms with Crippen LogP contribution >= 0.6 is 23.2 Å². The van der Waals surface area contributed by atoms with Crippen LogP contribution in [0.15, 0.2) is 54.6 Å². The summed E-state index contributed by atoms with van der Waals surface area (Å²) in [5, 5.41) is 7.64. The number of aromatic nitrogens is 2. The zero-order valence-corrected chi connectivity index (χ0v) is 18.4. The Morgan fingerprint density at radius 2 is 1.88 bits per heavy atom. The highest BCUT2D eigenvalue weighted by Crippen LogP contribution is 2.44. The molecule has 2 aromatic carbocycles. The quantitative estimate of drug-likeness (QED) is 0.487. The summed E-state index contributed by atoms with van der Waals surface area (Å²) in [5.74, 6) is -0.351. The predicted octanol–water partition coefficient (Wildman–Crippen LogP) is 6.12. The monoisotopic (exact) mass is 482 g/mol. The number of anilines is 1. The minimum absolute atomic E-state index is 0.0602. The van der Waals surface area contributed by atoms with Gasteiger partial charge in [0.1, 0.15) is 5.82 Å². The lowest BCUT2D eigenvalue weighted by Crippen LogP contribution is -2.35. The second-order valence-electron chi connectivity index (χ2n) is 7.67. The highest BCUT2D eigenvalue weighted by Gasteiger charge is 2.47. The summed E-state index contributed by atoms with van der Waals surface area (Å²) in [6.07, 6.45) is -4.85. The average Bonchev–Trinajstić information content (AvgIpc) is 3.18. The maximum absolute atomic E-state index is 13.9. The molecular formula is C22H19Cl2F3N4O. The SMILES string of the molecule is CN(Cc1ccccc1)C(=O)c1cc2n(n1)[C@@H](C(F)(F)F)C[C@@H](c1ccc(Cl)c(Cl)c1)N2. The molecule has 32 heavy (non-hydrogen) atoms. The molecule has 2 heterocycles. The molecule has 168 valence electrons. The normalized spacial score (nSPS) is 18.1. The fraction of sp³-hybridized carbons (Fsp3) is 0.273. The van der Waals surface area contributed by atoms with Crippen LogP contribution < -0.4 is 5.32 Å². The van der Waals surface area contributed by atoms with Crippen molar-refractivity contribution in [3.05, 3.63) is 81.5 Å².